The fraction of sp³-hybridized carbons (Fsp3) is 0.389. The Kier molecular flexibility index (Phi) is 4.84. The average molecular weight is 285 g/mol. The molecular weight excluding hydrogens is 262 g/mol. The third kappa shape index (κ3) is 3.35. The van der Waals surface area contributed by atoms with E-state index in [1.54, 1.807) is 7.11 Å². The first-order valence-corrected chi connectivity index (χ1v) is 7.35. The van der Waals surface area contributed by atoms with E-state index >= 15 is 0 Å². The van der Waals surface area contributed by atoms with E-state index in [9.17, 15) is 4.79 Å². The lowest BCUT2D eigenvalue weighted by molar-refractivity contribution is -0.125. The highest BCUT2D eigenvalue weighted by Gasteiger charge is 2.19. The predicted molar refractivity (Wildman–Crippen MR) is 86.5 cm³/mol. The van der Waals surface area contributed by atoms with Crippen LogP contribution in [0.25, 0.3) is 5.57 Å². The lowest BCUT2D eigenvalue weighted by Crippen LogP contribution is -2.34. The van der Waals surface area contributed by atoms with E-state index < -0.39 is 0 Å². The Morgan fingerprint density at radius 1 is 1.43 bits per heavy atom. The van der Waals surface area contributed by atoms with E-state index in [2.05, 4.69) is 44.7 Å². The first kappa shape index (κ1) is 15.4. The number of benzene rings is 1. The van der Waals surface area contributed by atoms with Gasteiger partial charge in [0.25, 0.3) is 0 Å². The first-order valence-electron chi connectivity index (χ1n) is 7.35. The Labute approximate surface area is 126 Å². The third-order valence-electron chi connectivity index (χ3n) is 3.88. The van der Waals surface area contributed by atoms with Crippen molar-refractivity contribution in [1.29, 1.82) is 0 Å². The molecule has 0 saturated carbocycles. The van der Waals surface area contributed by atoms with E-state index in [0.29, 0.717) is 12.5 Å². The van der Waals surface area contributed by atoms with Crippen LogP contribution >= 0.6 is 0 Å². The number of ether oxygens (including phenoxy) is 1. The molecule has 1 heterocycles. The van der Waals surface area contributed by atoms with Crippen molar-refractivity contribution >= 4 is 11.5 Å². The summed E-state index contributed by atoms with van der Waals surface area (Å²) in [7, 11) is 1.69. The van der Waals surface area contributed by atoms with Crippen LogP contribution in [0.4, 0.5) is 0 Å². The van der Waals surface area contributed by atoms with Crippen molar-refractivity contribution in [2.45, 2.75) is 26.2 Å². The fourth-order valence-corrected chi connectivity index (χ4v) is 2.59. The van der Waals surface area contributed by atoms with E-state index in [1.807, 2.05) is 4.90 Å². The maximum absolute atomic E-state index is 11.8. The largest absolute Gasteiger partial charge is 0.496 e. The zero-order valence-corrected chi connectivity index (χ0v) is 13.1. The minimum absolute atomic E-state index is 0.0154. The summed E-state index contributed by atoms with van der Waals surface area (Å²) in [6.45, 7) is 9.26. The average Bonchev–Trinajstić information content (AvgIpc) is 2.53. The van der Waals surface area contributed by atoms with Gasteiger partial charge in [-0.3, -0.25) is 4.79 Å². The van der Waals surface area contributed by atoms with Crippen LogP contribution in [0.1, 0.15) is 37.3 Å². The fourth-order valence-electron chi connectivity index (χ4n) is 2.59. The maximum Gasteiger partial charge on any atom is 0.246 e. The topological polar surface area (TPSA) is 29.5 Å². The summed E-state index contributed by atoms with van der Waals surface area (Å²) in [5.41, 5.74) is 3.47. The highest BCUT2D eigenvalue weighted by molar-refractivity contribution is 5.89. The van der Waals surface area contributed by atoms with Crippen LogP contribution in [0.15, 0.2) is 36.9 Å². The van der Waals surface area contributed by atoms with Crippen molar-refractivity contribution in [3.8, 4) is 5.75 Å². The molecule has 0 spiro atoms. The Bertz CT molecular complexity index is 573. The summed E-state index contributed by atoms with van der Waals surface area (Å²) in [5.74, 6) is 1.32. The molecule has 3 heteroatoms. The summed E-state index contributed by atoms with van der Waals surface area (Å²) in [6.07, 6.45) is 4.44. The van der Waals surface area contributed by atoms with E-state index in [-0.39, 0.29) is 5.91 Å². The van der Waals surface area contributed by atoms with Gasteiger partial charge < -0.3 is 9.64 Å². The lowest BCUT2D eigenvalue weighted by Gasteiger charge is -2.27. The molecule has 0 unspecified atom stereocenters. The Balaban J connectivity index is 2.31. The molecule has 0 saturated heterocycles. The second kappa shape index (κ2) is 6.61. The molecule has 0 aliphatic carbocycles. The van der Waals surface area contributed by atoms with Gasteiger partial charge in [0.15, 0.2) is 0 Å². The lowest BCUT2D eigenvalue weighted by atomic mass is 9.95. The molecule has 1 aromatic carbocycles. The van der Waals surface area contributed by atoms with Crippen LogP contribution in [0.2, 0.25) is 0 Å². The molecule has 21 heavy (non-hydrogen) atoms. The molecule has 0 atom stereocenters. The molecule has 0 N–H and O–H groups in total. The molecule has 0 fully saturated rings. The van der Waals surface area contributed by atoms with Gasteiger partial charge >= 0.3 is 0 Å². The molecule has 3 nitrogen and oxygen atoms in total. The zero-order valence-electron chi connectivity index (χ0n) is 13.1. The standard InChI is InChI=1S/C18H23NO2/c1-5-18(20)19-10-6-7-15(12-19)16-9-8-14(13(2)3)11-17(16)21-4/h5,7-9,11,13H,1,6,10,12H2,2-4H3. The van der Waals surface area contributed by atoms with Crippen LogP contribution in [0.3, 0.4) is 0 Å². The SMILES string of the molecule is C=CC(=O)N1CCC=C(c2ccc(C(C)C)cc2OC)C1. The minimum atomic E-state index is -0.0154. The summed E-state index contributed by atoms with van der Waals surface area (Å²) >= 11 is 0. The first-order chi connectivity index (χ1) is 10.1. The molecular formula is C18H23NO2. The quantitative estimate of drug-likeness (QED) is 0.791. The molecule has 112 valence electrons. The molecule has 1 aromatic rings. The van der Waals surface area contributed by atoms with Crippen molar-refractivity contribution in [3.63, 3.8) is 0 Å². The molecule has 0 radical (unpaired) electrons. The molecule has 0 aromatic heterocycles. The monoisotopic (exact) mass is 285 g/mol. The number of amides is 1. The number of hydrogen-bond acceptors (Lipinski definition) is 2. The predicted octanol–water partition coefficient (Wildman–Crippen LogP) is 3.62. The van der Waals surface area contributed by atoms with Crippen LogP contribution in [-0.2, 0) is 4.79 Å². The van der Waals surface area contributed by atoms with Crippen LogP contribution < -0.4 is 4.74 Å². The number of carbonyl (C=O) groups is 1. The number of nitrogens with zero attached hydrogens (tertiary/aromatic N) is 1. The summed E-state index contributed by atoms with van der Waals surface area (Å²) < 4.78 is 5.55. The van der Waals surface area contributed by atoms with Crippen molar-refractivity contribution in [3.05, 3.63) is 48.1 Å². The Morgan fingerprint density at radius 2 is 2.19 bits per heavy atom. The van der Waals surface area contributed by atoms with Gasteiger partial charge in [0.2, 0.25) is 5.91 Å². The van der Waals surface area contributed by atoms with Gasteiger partial charge in [-0.25, -0.2) is 0 Å². The highest BCUT2D eigenvalue weighted by atomic mass is 16.5. The van der Waals surface area contributed by atoms with Gasteiger partial charge in [-0.05, 0) is 35.6 Å². The number of hydrogen-bond donors (Lipinski definition) is 0. The molecule has 1 amide bonds. The minimum Gasteiger partial charge on any atom is -0.496 e. The number of rotatable bonds is 4. The maximum atomic E-state index is 11.8. The van der Waals surface area contributed by atoms with Crippen LogP contribution in [0.5, 0.6) is 5.75 Å². The van der Waals surface area contributed by atoms with Gasteiger partial charge in [-0.2, -0.15) is 0 Å². The normalized spacial score (nSPS) is 14.9. The summed E-state index contributed by atoms with van der Waals surface area (Å²) in [6, 6.07) is 6.33. The Morgan fingerprint density at radius 3 is 2.81 bits per heavy atom. The van der Waals surface area contributed by atoms with Crippen LogP contribution in [-0.4, -0.2) is 31.0 Å². The zero-order chi connectivity index (χ0) is 15.4. The molecule has 1 aliphatic rings. The van der Waals surface area contributed by atoms with Gasteiger partial charge in [0, 0.05) is 18.7 Å². The molecule has 2 rings (SSSR count). The molecule has 1 aliphatic heterocycles. The van der Waals surface area contributed by atoms with Gasteiger partial charge in [-0.15, -0.1) is 0 Å². The number of methoxy groups -OCH3 is 1. The third-order valence-corrected chi connectivity index (χ3v) is 3.88. The van der Waals surface area contributed by atoms with E-state index in [4.69, 9.17) is 4.74 Å². The summed E-state index contributed by atoms with van der Waals surface area (Å²) in [4.78, 5) is 13.6. The Hall–Kier alpha value is -2.03. The second-order valence-electron chi connectivity index (χ2n) is 5.60. The molecule has 0 bridgehead atoms. The van der Waals surface area contributed by atoms with Crippen molar-refractivity contribution in [1.82, 2.24) is 4.90 Å². The van der Waals surface area contributed by atoms with Crippen molar-refractivity contribution in [2.75, 3.05) is 20.2 Å². The summed E-state index contributed by atoms with van der Waals surface area (Å²) in [5, 5.41) is 0. The van der Waals surface area contributed by atoms with Crippen LogP contribution in [0, 0.1) is 0 Å². The van der Waals surface area contributed by atoms with E-state index in [1.165, 1.54) is 11.6 Å². The van der Waals surface area contributed by atoms with E-state index in [0.717, 1.165) is 29.9 Å². The van der Waals surface area contributed by atoms with Gasteiger partial charge in [-0.1, -0.05) is 38.6 Å². The number of carbonyl (C=O) groups excluding carboxylic acids is 1. The second-order valence-corrected chi connectivity index (χ2v) is 5.60. The van der Waals surface area contributed by atoms with Crippen molar-refractivity contribution < 1.29 is 9.53 Å². The van der Waals surface area contributed by atoms with Crippen molar-refractivity contribution in [2.24, 2.45) is 0 Å². The smallest absolute Gasteiger partial charge is 0.246 e. The van der Waals surface area contributed by atoms with Gasteiger partial charge in [0.1, 0.15) is 5.75 Å². The van der Waals surface area contributed by atoms with Gasteiger partial charge in [0.05, 0.1) is 7.11 Å². The highest BCUT2D eigenvalue weighted by Crippen LogP contribution is 2.32.